The third-order valence-electron chi connectivity index (χ3n) is 5.80. The highest BCUT2D eigenvalue weighted by atomic mass is 16.2. The molecule has 1 aromatic heterocycles. The number of carbonyl (C=O) groups excluding carboxylic acids is 1. The van der Waals surface area contributed by atoms with E-state index >= 15 is 0 Å². The molecule has 2 aromatic rings. The van der Waals surface area contributed by atoms with Crippen LogP contribution in [-0.2, 0) is 24.3 Å². The molecule has 1 atom stereocenters. The molecule has 138 valence electrons. The number of hydrogen-bond donors (Lipinski definition) is 0. The predicted molar refractivity (Wildman–Crippen MR) is 99.5 cm³/mol. The van der Waals surface area contributed by atoms with Crippen LogP contribution in [0.2, 0.25) is 0 Å². The highest BCUT2D eigenvalue weighted by molar-refractivity contribution is 5.73. The van der Waals surface area contributed by atoms with Crippen molar-refractivity contribution in [3.8, 4) is 0 Å². The second-order valence-electron chi connectivity index (χ2n) is 7.44. The molecule has 4 rings (SSSR count). The Labute approximate surface area is 154 Å². The van der Waals surface area contributed by atoms with Gasteiger partial charge in [-0.15, -0.1) is 10.2 Å². The van der Waals surface area contributed by atoms with Crippen LogP contribution >= 0.6 is 0 Å². The molecule has 3 heterocycles. The number of amides is 1. The maximum Gasteiger partial charge on any atom is 0.219 e. The Morgan fingerprint density at radius 1 is 1.15 bits per heavy atom. The molecule has 2 aliphatic heterocycles. The van der Waals surface area contributed by atoms with Crippen LogP contribution in [0.25, 0.3) is 0 Å². The van der Waals surface area contributed by atoms with Gasteiger partial charge in [0.15, 0.2) is 0 Å². The van der Waals surface area contributed by atoms with Crippen molar-refractivity contribution in [1.82, 2.24) is 24.6 Å². The van der Waals surface area contributed by atoms with E-state index in [1.54, 1.807) is 6.92 Å². The summed E-state index contributed by atoms with van der Waals surface area (Å²) >= 11 is 0. The molecule has 0 unspecified atom stereocenters. The molecule has 1 saturated heterocycles. The summed E-state index contributed by atoms with van der Waals surface area (Å²) in [6, 6.07) is 8.94. The van der Waals surface area contributed by atoms with Gasteiger partial charge in [0, 0.05) is 39.5 Å². The van der Waals surface area contributed by atoms with Crippen LogP contribution in [0.4, 0.5) is 0 Å². The fraction of sp³-hybridized carbons (Fsp3) is 0.550. The summed E-state index contributed by atoms with van der Waals surface area (Å²) in [5, 5.41) is 9.04. The molecular formula is C20H27N5O. The molecule has 0 radical (unpaired) electrons. The average Bonchev–Trinajstić information content (AvgIpc) is 3.17. The zero-order valence-corrected chi connectivity index (χ0v) is 15.7. The standard InChI is InChI=1S/C20H27N5O/c1-15-6-3-4-7-17(15)14-24-10-5-8-18(24)20-22-21-19-9-11-23(16(2)26)12-13-25(19)20/h3-4,6-7,18H,5,8-14H2,1-2H3/t18-/m0/s1. The van der Waals surface area contributed by atoms with Crippen molar-refractivity contribution < 1.29 is 4.79 Å². The molecule has 1 amide bonds. The number of rotatable bonds is 3. The SMILES string of the molecule is CC(=O)N1CCc2nnc([C@@H]3CCCN3Cc3ccccc3C)n2CC1. The lowest BCUT2D eigenvalue weighted by molar-refractivity contribution is -0.128. The fourth-order valence-corrected chi connectivity index (χ4v) is 4.22. The van der Waals surface area contributed by atoms with Gasteiger partial charge in [-0.1, -0.05) is 24.3 Å². The third-order valence-corrected chi connectivity index (χ3v) is 5.80. The number of carbonyl (C=O) groups is 1. The van der Waals surface area contributed by atoms with E-state index in [1.165, 1.54) is 17.5 Å². The average molecular weight is 353 g/mol. The van der Waals surface area contributed by atoms with E-state index in [0.29, 0.717) is 6.04 Å². The summed E-state index contributed by atoms with van der Waals surface area (Å²) in [4.78, 5) is 16.2. The molecule has 0 aliphatic carbocycles. The van der Waals surface area contributed by atoms with Gasteiger partial charge in [0.1, 0.15) is 11.6 Å². The van der Waals surface area contributed by atoms with E-state index < -0.39 is 0 Å². The molecule has 6 heteroatoms. The summed E-state index contributed by atoms with van der Waals surface area (Å²) < 4.78 is 2.27. The second kappa shape index (κ2) is 7.19. The summed E-state index contributed by atoms with van der Waals surface area (Å²) in [7, 11) is 0. The first-order chi connectivity index (χ1) is 12.6. The van der Waals surface area contributed by atoms with E-state index in [-0.39, 0.29) is 5.91 Å². The first kappa shape index (κ1) is 17.2. The van der Waals surface area contributed by atoms with Gasteiger partial charge in [0.2, 0.25) is 5.91 Å². The topological polar surface area (TPSA) is 54.3 Å². The normalized spacial score (nSPS) is 20.8. The van der Waals surface area contributed by atoms with Gasteiger partial charge >= 0.3 is 0 Å². The number of aromatic nitrogens is 3. The second-order valence-corrected chi connectivity index (χ2v) is 7.44. The number of benzene rings is 1. The Balaban J connectivity index is 1.55. The van der Waals surface area contributed by atoms with Crippen LogP contribution in [0, 0.1) is 6.92 Å². The zero-order valence-electron chi connectivity index (χ0n) is 15.7. The fourth-order valence-electron chi connectivity index (χ4n) is 4.22. The predicted octanol–water partition coefficient (Wildman–Crippen LogP) is 2.33. The maximum atomic E-state index is 11.7. The number of hydrogen-bond acceptors (Lipinski definition) is 4. The molecule has 26 heavy (non-hydrogen) atoms. The Hall–Kier alpha value is -2.21. The summed E-state index contributed by atoms with van der Waals surface area (Å²) in [6.45, 7) is 8.17. The van der Waals surface area contributed by atoms with Gasteiger partial charge in [-0.05, 0) is 37.4 Å². The van der Waals surface area contributed by atoms with E-state index in [9.17, 15) is 4.79 Å². The Kier molecular flexibility index (Phi) is 4.76. The van der Waals surface area contributed by atoms with Gasteiger partial charge in [-0.3, -0.25) is 9.69 Å². The van der Waals surface area contributed by atoms with Crippen LogP contribution in [0.3, 0.4) is 0 Å². The minimum atomic E-state index is 0.146. The van der Waals surface area contributed by atoms with Crippen molar-refractivity contribution in [2.45, 2.75) is 52.2 Å². The van der Waals surface area contributed by atoms with Crippen LogP contribution in [0.15, 0.2) is 24.3 Å². The van der Waals surface area contributed by atoms with Crippen molar-refractivity contribution in [2.24, 2.45) is 0 Å². The lowest BCUT2D eigenvalue weighted by Gasteiger charge is -2.25. The van der Waals surface area contributed by atoms with Gasteiger partial charge in [0.25, 0.3) is 0 Å². The maximum absolute atomic E-state index is 11.7. The van der Waals surface area contributed by atoms with E-state index in [2.05, 4.69) is 50.9 Å². The minimum absolute atomic E-state index is 0.146. The first-order valence-electron chi connectivity index (χ1n) is 9.59. The molecule has 0 N–H and O–H groups in total. The van der Waals surface area contributed by atoms with Gasteiger partial charge in [0.05, 0.1) is 6.04 Å². The summed E-state index contributed by atoms with van der Waals surface area (Å²) in [5.41, 5.74) is 2.73. The lowest BCUT2D eigenvalue weighted by Crippen LogP contribution is -2.32. The highest BCUT2D eigenvalue weighted by Crippen LogP contribution is 2.33. The molecule has 0 saturated carbocycles. The summed E-state index contributed by atoms with van der Waals surface area (Å²) in [5.74, 6) is 2.25. The summed E-state index contributed by atoms with van der Waals surface area (Å²) in [6.07, 6.45) is 3.11. The van der Waals surface area contributed by atoms with Crippen molar-refractivity contribution in [1.29, 1.82) is 0 Å². The van der Waals surface area contributed by atoms with Gasteiger partial charge in [-0.2, -0.15) is 0 Å². The molecule has 1 aromatic carbocycles. The number of aryl methyl sites for hydroxylation is 1. The molecule has 0 spiro atoms. The zero-order chi connectivity index (χ0) is 18.1. The van der Waals surface area contributed by atoms with Crippen molar-refractivity contribution in [2.75, 3.05) is 19.6 Å². The van der Waals surface area contributed by atoms with Gasteiger partial charge < -0.3 is 9.47 Å². The first-order valence-corrected chi connectivity index (χ1v) is 9.59. The number of nitrogens with zero attached hydrogens (tertiary/aromatic N) is 5. The molecule has 1 fully saturated rings. The third kappa shape index (κ3) is 3.26. The monoisotopic (exact) mass is 353 g/mol. The van der Waals surface area contributed by atoms with E-state index in [1.807, 2.05) is 4.90 Å². The Bertz CT molecular complexity index is 799. The number of fused-ring (bicyclic) bond motifs is 1. The Morgan fingerprint density at radius 2 is 2.00 bits per heavy atom. The van der Waals surface area contributed by atoms with Crippen molar-refractivity contribution in [3.63, 3.8) is 0 Å². The van der Waals surface area contributed by atoms with Crippen LogP contribution in [0.1, 0.15) is 48.6 Å². The molecule has 6 nitrogen and oxygen atoms in total. The lowest BCUT2D eigenvalue weighted by atomic mass is 10.1. The minimum Gasteiger partial charge on any atom is -0.341 e. The van der Waals surface area contributed by atoms with Crippen molar-refractivity contribution >= 4 is 5.91 Å². The molecule has 2 aliphatic rings. The van der Waals surface area contributed by atoms with E-state index in [0.717, 1.165) is 57.2 Å². The van der Waals surface area contributed by atoms with Crippen LogP contribution < -0.4 is 0 Å². The largest absolute Gasteiger partial charge is 0.341 e. The highest BCUT2D eigenvalue weighted by Gasteiger charge is 2.32. The van der Waals surface area contributed by atoms with Crippen molar-refractivity contribution in [3.05, 3.63) is 47.0 Å². The quantitative estimate of drug-likeness (QED) is 0.850. The van der Waals surface area contributed by atoms with Crippen LogP contribution in [-0.4, -0.2) is 50.1 Å². The van der Waals surface area contributed by atoms with Crippen LogP contribution in [0.5, 0.6) is 0 Å². The molecular weight excluding hydrogens is 326 g/mol. The van der Waals surface area contributed by atoms with Gasteiger partial charge in [-0.25, -0.2) is 0 Å². The smallest absolute Gasteiger partial charge is 0.219 e. The Morgan fingerprint density at radius 3 is 2.81 bits per heavy atom. The number of likely N-dealkylation sites (tertiary alicyclic amines) is 1. The van der Waals surface area contributed by atoms with E-state index in [4.69, 9.17) is 0 Å². The molecule has 0 bridgehead atoms.